The lowest BCUT2D eigenvalue weighted by Gasteiger charge is -2.12. The van der Waals surface area contributed by atoms with E-state index in [0.29, 0.717) is 53.1 Å². The number of nitrogens with one attached hydrogen (secondary N) is 2. The van der Waals surface area contributed by atoms with Crippen molar-refractivity contribution in [3.8, 4) is 0 Å². The molecule has 0 unspecified atom stereocenters. The average Bonchev–Trinajstić information content (AvgIpc) is 3.19. The van der Waals surface area contributed by atoms with Crippen LogP contribution < -0.4 is 10.6 Å². The molecule has 304 valence electrons. The van der Waals surface area contributed by atoms with Crippen molar-refractivity contribution in [2.45, 2.75) is 65.0 Å². The van der Waals surface area contributed by atoms with Crippen molar-refractivity contribution in [2.75, 3.05) is 17.7 Å². The number of aromatic nitrogens is 6. The third-order valence-electron chi connectivity index (χ3n) is 7.94. The Bertz CT molecular complexity index is 2540. The lowest BCUT2D eigenvalue weighted by Crippen LogP contribution is -2.08. The molecule has 6 rings (SSSR count). The predicted molar refractivity (Wildman–Crippen MR) is 228 cm³/mol. The Balaban J connectivity index is 0.00000180. The first-order chi connectivity index (χ1) is 27.8. The van der Waals surface area contributed by atoms with Gasteiger partial charge in [0.2, 0.25) is 11.9 Å². The second-order valence-electron chi connectivity index (χ2n) is 12.2. The van der Waals surface area contributed by atoms with Crippen LogP contribution in [0.3, 0.4) is 0 Å². The minimum Gasteiger partial charge on any atom is -0.324 e. The number of hydrogen-bond donors (Lipinski definition) is 3. The minimum absolute atomic E-state index is 0.160. The fourth-order valence-electron chi connectivity index (χ4n) is 5.56. The highest BCUT2D eigenvalue weighted by atomic mass is 32.2. The minimum atomic E-state index is -4.46. The van der Waals surface area contributed by atoms with Crippen molar-refractivity contribution in [3.63, 3.8) is 0 Å². The smallest absolute Gasteiger partial charge is 0.297 e. The summed E-state index contributed by atoms with van der Waals surface area (Å²) < 4.78 is 65.0. The van der Waals surface area contributed by atoms with Gasteiger partial charge in [-0.15, -0.1) is 0 Å². The van der Waals surface area contributed by atoms with Gasteiger partial charge in [-0.05, 0) is 65.9 Å². The fraction of sp³-hybridized carbons (Fsp3) is 0.238. The first-order valence-electron chi connectivity index (χ1n) is 18.6. The maximum absolute atomic E-state index is 13.1. The molecule has 0 fully saturated rings. The van der Waals surface area contributed by atoms with Crippen molar-refractivity contribution in [1.82, 2.24) is 29.9 Å². The SMILES string of the molecule is CC.CC.COS(=O)(=O)c1cc(Nc2nc(C)nc(Cc3ccccc3)n2)ccc1/C=C/c1ccc(Nc2nc(C)nc(Cc3ccccc3)n2)cc1CS(=O)(=O)O. The van der Waals surface area contributed by atoms with E-state index in [4.69, 9.17) is 4.18 Å². The topological polar surface area (TPSA) is 199 Å². The van der Waals surface area contributed by atoms with Crippen LogP contribution in [0.25, 0.3) is 12.2 Å². The molecule has 0 aliphatic rings. The molecule has 2 heterocycles. The van der Waals surface area contributed by atoms with Crippen molar-refractivity contribution in [1.29, 1.82) is 0 Å². The molecule has 16 heteroatoms. The summed E-state index contributed by atoms with van der Waals surface area (Å²) in [7, 11) is -7.62. The molecule has 0 bridgehead atoms. The standard InChI is InChI=1S/C38H36N8O6S2.2C2H6/c1-25-39-35(20-27-10-6-4-7-11-27)45-37(41-25)43-32-18-16-29(31(22-32)24-53(47,48)49)14-15-30-17-19-33(23-34(30)54(50,51)52-3)44-38-42-26(2)40-36(46-38)21-28-12-8-5-9-13-28;2*1-2/h4-19,22-23H,20-21,24H2,1-3H3,(H,47,48,49)(H,39,41,43,45)(H,40,42,44,46);2*1-2H3/b15-14+;;. The average molecular weight is 825 g/mol. The van der Waals surface area contributed by atoms with Crippen LogP contribution in [0.1, 0.15) is 78.8 Å². The van der Waals surface area contributed by atoms with Crippen LogP contribution in [0.5, 0.6) is 0 Å². The zero-order valence-corrected chi connectivity index (χ0v) is 35.1. The van der Waals surface area contributed by atoms with Crippen LogP contribution in [0.15, 0.2) is 102 Å². The van der Waals surface area contributed by atoms with Crippen LogP contribution in [0, 0.1) is 13.8 Å². The normalized spacial score (nSPS) is 11.2. The molecule has 2 aromatic heterocycles. The van der Waals surface area contributed by atoms with E-state index >= 15 is 0 Å². The van der Waals surface area contributed by atoms with Gasteiger partial charge >= 0.3 is 0 Å². The van der Waals surface area contributed by atoms with Crippen molar-refractivity contribution in [2.24, 2.45) is 0 Å². The first kappa shape index (κ1) is 44.8. The summed E-state index contributed by atoms with van der Waals surface area (Å²) in [6, 6.07) is 28.9. The van der Waals surface area contributed by atoms with Gasteiger partial charge in [-0.25, -0.2) is 9.97 Å². The number of nitrogens with zero attached hydrogens (tertiary/aromatic N) is 6. The van der Waals surface area contributed by atoms with Crippen LogP contribution >= 0.6 is 0 Å². The van der Waals surface area contributed by atoms with E-state index in [1.807, 2.05) is 88.4 Å². The van der Waals surface area contributed by atoms with E-state index in [9.17, 15) is 21.4 Å². The van der Waals surface area contributed by atoms with E-state index in [1.165, 1.54) is 12.1 Å². The Labute approximate surface area is 340 Å². The largest absolute Gasteiger partial charge is 0.324 e. The van der Waals surface area contributed by atoms with Crippen LogP contribution in [0.4, 0.5) is 23.3 Å². The Kier molecular flexibility index (Phi) is 16.2. The molecule has 0 aliphatic carbocycles. The van der Waals surface area contributed by atoms with Gasteiger partial charge in [0.15, 0.2) is 0 Å². The molecule has 0 amide bonds. The molecular weight excluding hydrogens is 777 g/mol. The summed E-state index contributed by atoms with van der Waals surface area (Å²) in [4.78, 5) is 26.5. The summed E-state index contributed by atoms with van der Waals surface area (Å²) in [5.41, 5.74) is 3.78. The second kappa shape index (κ2) is 21.0. The van der Waals surface area contributed by atoms with Crippen LogP contribution in [0.2, 0.25) is 0 Å². The van der Waals surface area contributed by atoms with Gasteiger partial charge in [0.1, 0.15) is 33.9 Å². The predicted octanol–water partition coefficient (Wildman–Crippen LogP) is 8.29. The first-order valence-corrected chi connectivity index (χ1v) is 21.6. The molecule has 4 aromatic carbocycles. The van der Waals surface area contributed by atoms with E-state index < -0.39 is 26.0 Å². The Morgan fingerprint density at radius 2 is 1.05 bits per heavy atom. The number of anilines is 4. The molecule has 0 aliphatic heterocycles. The molecule has 6 aromatic rings. The molecule has 3 N–H and O–H groups in total. The monoisotopic (exact) mass is 824 g/mol. The maximum atomic E-state index is 13.1. The highest BCUT2D eigenvalue weighted by molar-refractivity contribution is 7.86. The third-order valence-corrected chi connectivity index (χ3v) is 9.94. The summed E-state index contributed by atoms with van der Waals surface area (Å²) in [5, 5.41) is 6.17. The van der Waals surface area contributed by atoms with E-state index in [2.05, 4.69) is 40.5 Å². The van der Waals surface area contributed by atoms with Gasteiger partial charge in [-0.3, -0.25) is 8.74 Å². The van der Waals surface area contributed by atoms with Gasteiger partial charge in [-0.1, -0.05) is 113 Å². The Morgan fingerprint density at radius 3 is 1.52 bits per heavy atom. The molecule has 58 heavy (non-hydrogen) atoms. The van der Waals surface area contributed by atoms with Crippen LogP contribution in [-0.4, -0.2) is 58.4 Å². The van der Waals surface area contributed by atoms with Crippen LogP contribution in [-0.2, 0) is 43.0 Å². The number of benzene rings is 4. The molecule has 0 saturated heterocycles. The third kappa shape index (κ3) is 13.3. The maximum Gasteiger partial charge on any atom is 0.297 e. The number of hydrogen-bond acceptors (Lipinski definition) is 13. The lowest BCUT2D eigenvalue weighted by atomic mass is 10.1. The summed E-state index contributed by atoms with van der Waals surface area (Å²) in [5.74, 6) is 1.86. The van der Waals surface area contributed by atoms with Crippen molar-refractivity contribution < 1.29 is 25.6 Å². The Morgan fingerprint density at radius 1 is 0.603 bits per heavy atom. The van der Waals surface area contributed by atoms with Gasteiger partial charge < -0.3 is 10.6 Å². The van der Waals surface area contributed by atoms with Gasteiger partial charge in [0.05, 0.1) is 7.11 Å². The molecular formula is C42H48N8O6S2. The Hall–Kier alpha value is -5.94. The number of rotatable bonds is 14. The molecule has 0 atom stereocenters. The fourth-order valence-corrected chi connectivity index (χ4v) is 7.08. The molecule has 0 radical (unpaired) electrons. The summed E-state index contributed by atoms with van der Waals surface area (Å²) in [6.45, 7) is 11.5. The number of aryl methyl sites for hydroxylation is 2. The molecule has 0 spiro atoms. The van der Waals surface area contributed by atoms with Crippen molar-refractivity contribution in [3.05, 3.63) is 148 Å². The zero-order chi connectivity index (χ0) is 42.3. The quantitative estimate of drug-likeness (QED) is 0.0538. The summed E-state index contributed by atoms with van der Waals surface area (Å²) in [6.07, 6.45) is 4.04. The summed E-state index contributed by atoms with van der Waals surface area (Å²) >= 11 is 0. The van der Waals surface area contributed by atoms with E-state index in [-0.39, 0.29) is 27.9 Å². The van der Waals surface area contributed by atoms with Crippen molar-refractivity contribution >= 4 is 55.7 Å². The zero-order valence-electron chi connectivity index (χ0n) is 33.5. The van der Waals surface area contributed by atoms with E-state index in [1.54, 1.807) is 50.3 Å². The van der Waals surface area contributed by atoms with E-state index in [0.717, 1.165) is 18.2 Å². The second-order valence-corrected chi connectivity index (χ2v) is 15.3. The van der Waals surface area contributed by atoms with Gasteiger partial charge in [0, 0.05) is 24.2 Å². The molecule has 14 nitrogen and oxygen atoms in total. The lowest BCUT2D eigenvalue weighted by molar-refractivity contribution is 0.397. The highest BCUT2D eigenvalue weighted by Crippen LogP contribution is 2.28. The van der Waals surface area contributed by atoms with Gasteiger partial charge in [0.25, 0.3) is 20.2 Å². The molecule has 0 saturated carbocycles. The highest BCUT2D eigenvalue weighted by Gasteiger charge is 2.19. The van der Waals surface area contributed by atoms with Gasteiger partial charge in [-0.2, -0.15) is 36.8 Å².